The number of anilines is 1. The van der Waals surface area contributed by atoms with Gasteiger partial charge in [-0.3, -0.25) is 25.3 Å². The van der Waals surface area contributed by atoms with E-state index in [-0.39, 0.29) is 11.9 Å². The molecule has 0 unspecified atom stereocenters. The van der Waals surface area contributed by atoms with Gasteiger partial charge in [-0.1, -0.05) is 36.4 Å². The maximum Gasteiger partial charge on any atom is 0.276 e. The summed E-state index contributed by atoms with van der Waals surface area (Å²) < 4.78 is 0. The number of nitrogens with one attached hydrogen (secondary N) is 3. The molecule has 1 aromatic carbocycles. The highest BCUT2D eigenvalue weighted by Crippen LogP contribution is 2.15. The molecule has 0 fully saturated rings. The number of aromatic nitrogens is 6. The first kappa shape index (κ1) is 16.6. The van der Waals surface area contributed by atoms with Crippen LogP contribution in [0.3, 0.4) is 0 Å². The smallest absolute Gasteiger partial charge is 0.276 e. The van der Waals surface area contributed by atoms with E-state index in [1.807, 2.05) is 36.4 Å². The summed E-state index contributed by atoms with van der Waals surface area (Å²) >= 11 is 0. The molecule has 8 heteroatoms. The highest BCUT2D eigenvalue weighted by molar-refractivity contribution is 6.02. The number of amides is 1. The second kappa shape index (κ2) is 7.61. The van der Waals surface area contributed by atoms with Crippen LogP contribution in [0.15, 0.2) is 60.8 Å². The first-order valence-corrected chi connectivity index (χ1v) is 8.51. The van der Waals surface area contributed by atoms with E-state index in [1.54, 1.807) is 12.3 Å². The van der Waals surface area contributed by atoms with E-state index in [0.717, 1.165) is 6.42 Å². The van der Waals surface area contributed by atoms with Crippen molar-refractivity contribution in [1.82, 2.24) is 30.4 Å². The zero-order valence-electron chi connectivity index (χ0n) is 14.4. The Hall–Kier alpha value is -3.81. The number of aryl methyl sites for hydroxylation is 2. The molecule has 27 heavy (non-hydrogen) atoms. The Kier molecular flexibility index (Phi) is 4.69. The predicted octanol–water partition coefficient (Wildman–Crippen LogP) is 2.63. The summed E-state index contributed by atoms with van der Waals surface area (Å²) in [5, 5.41) is 16.4. The van der Waals surface area contributed by atoms with Crippen LogP contribution < -0.4 is 5.32 Å². The maximum atomic E-state index is 12.4. The number of aromatic amines is 2. The van der Waals surface area contributed by atoms with Gasteiger partial charge >= 0.3 is 0 Å². The predicted molar refractivity (Wildman–Crippen MR) is 100 cm³/mol. The van der Waals surface area contributed by atoms with Crippen molar-refractivity contribution < 1.29 is 4.79 Å². The number of rotatable bonds is 6. The number of benzene rings is 1. The lowest BCUT2D eigenvalue weighted by Gasteiger charge is -1.98. The minimum absolute atomic E-state index is 0.233. The lowest BCUT2D eigenvalue weighted by atomic mass is 10.1. The van der Waals surface area contributed by atoms with Gasteiger partial charge in [0, 0.05) is 12.6 Å². The molecular weight excluding hydrogens is 342 g/mol. The van der Waals surface area contributed by atoms with Gasteiger partial charge in [-0.25, -0.2) is 0 Å². The molecule has 4 aromatic rings. The van der Waals surface area contributed by atoms with E-state index < -0.39 is 0 Å². The van der Waals surface area contributed by atoms with Gasteiger partial charge < -0.3 is 0 Å². The standard InChI is InChI=1S/C19H17N7O/c27-18(16-12-15(23-24-16)14-8-4-5-11-20-14)22-19-21-17(25-26-19)10-9-13-6-2-1-3-7-13/h1-8,11-12H,9-10H2,(H,23,24)(H2,21,22,25,26,27). The Morgan fingerprint density at radius 2 is 1.78 bits per heavy atom. The Balaban J connectivity index is 1.37. The molecule has 4 rings (SSSR count). The lowest BCUT2D eigenvalue weighted by Crippen LogP contribution is -2.13. The van der Waals surface area contributed by atoms with E-state index in [2.05, 4.69) is 47.8 Å². The van der Waals surface area contributed by atoms with Gasteiger partial charge in [-0.05, 0) is 30.2 Å². The van der Waals surface area contributed by atoms with Gasteiger partial charge in [-0.2, -0.15) is 10.1 Å². The fourth-order valence-corrected chi connectivity index (χ4v) is 2.62. The highest BCUT2D eigenvalue weighted by Gasteiger charge is 2.14. The molecule has 0 atom stereocenters. The van der Waals surface area contributed by atoms with Crippen LogP contribution in [0.25, 0.3) is 11.4 Å². The van der Waals surface area contributed by atoms with Crippen LogP contribution in [-0.4, -0.2) is 36.3 Å². The van der Waals surface area contributed by atoms with Crippen molar-refractivity contribution in [3.63, 3.8) is 0 Å². The van der Waals surface area contributed by atoms with Crippen LogP contribution in [0.2, 0.25) is 0 Å². The average Bonchev–Trinajstić information content (AvgIpc) is 3.38. The fraction of sp³-hybridized carbons (Fsp3) is 0.105. The van der Waals surface area contributed by atoms with Crippen LogP contribution in [0.5, 0.6) is 0 Å². The van der Waals surface area contributed by atoms with Crippen molar-refractivity contribution in [2.45, 2.75) is 12.8 Å². The van der Waals surface area contributed by atoms with Crippen LogP contribution >= 0.6 is 0 Å². The second-order valence-corrected chi connectivity index (χ2v) is 5.93. The topological polar surface area (TPSA) is 112 Å². The Labute approximate surface area is 155 Å². The normalized spacial score (nSPS) is 10.7. The lowest BCUT2D eigenvalue weighted by molar-refractivity contribution is 0.102. The molecule has 8 nitrogen and oxygen atoms in total. The number of carbonyl (C=O) groups excluding carboxylic acids is 1. The minimum Gasteiger partial charge on any atom is -0.288 e. The van der Waals surface area contributed by atoms with Crippen LogP contribution in [-0.2, 0) is 12.8 Å². The molecule has 0 aliphatic rings. The van der Waals surface area contributed by atoms with Crippen molar-refractivity contribution in [3.8, 4) is 11.4 Å². The molecule has 3 heterocycles. The van der Waals surface area contributed by atoms with Gasteiger partial charge in [0.05, 0.1) is 5.69 Å². The number of nitrogens with zero attached hydrogens (tertiary/aromatic N) is 4. The number of pyridine rings is 1. The summed E-state index contributed by atoms with van der Waals surface area (Å²) in [6, 6.07) is 17.3. The first-order valence-electron chi connectivity index (χ1n) is 8.51. The molecule has 3 N–H and O–H groups in total. The summed E-state index contributed by atoms with van der Waals surface area (Å²) in [6.07, 6.45) is 3.23. The molecule has 0 bridgehead atoms. The van der Waals surface area contributed by atoms with E-state index >= 15 is 0 Å². The molecule has 0 saturated heterocycles. The third-order valence-corrected chi connectivity index (χ3v) is 4.00. The summed E-state index contributed by atoms with van der Waals surface area (Å²) in [5.74, 6) is 0.586. The average molecular weight is 359 g/mol. The number of hydrogen-bond donors (Lipinski definition) is 3. The third kappa shape index (κ3) is 4.06. The monoisotopic (exact) mass is 359 g/mol. The largest absolute Gasteiger partial charge is 0.288 e. The Morgan fingerprint density at radius 3 is 2.59 bits per heavy atom. The number of hydrogen-bond acceptors (Lipinski definition) is 5. The molecular formula is C19H17N7O. The zero-order chi connectivity index (χ0) is 18.5. The van der Waals surface area contributed by atoms with Crippen molar-refractivity contribution in [2.24, 2.45) is 0 Å². The fourth-order valence-electron chi connectivity index (χ4n) is 2.62. The molecule has 0 spiro atoms. The second-order valence-electron chi connectivity index (χ2n) is 5.93. The molecule has 0 aliphatic heterocycles. The first-order chi connectivity index (χ1) is 13.3. The van der Waals surface area contributed by atoms with Crippen molar-refractivity contribution in [3.05, 3.63) is 77.9 Å². The summed E-state index contributed by atoms with van der Waals surface area (Å²) in [6.45, 7) is 0. The van der Waals surface area contributed by atoms with Crippen LogP contribution in [0.4, 0.5) is 5.95 Å². The Morgan fingerprint density at radius 1 is 0.926 bits per heavy atom. The van der Waals surface area contributed by atoms with Gasteiger partial charge in [0.2, 0.25) is 5.95 Å². The van der Waals surface area contributed by atoms with E-state index in [1.165, 1.54) is 5.56 Å². The zero-order valence-corrected chi connectivity index (χ0v) is 14.4. The molecule has 0 aliphatic carbocycles. The molecule has 3 aromatic heterocycles. The van der Waals surface area contributed by atoms with Crippen molar-refractivity contribution >= 4 is 11.9 Å². The van der Waals surface area contributed by atoms with Gasteiger partial charge in [0.25, 0.3) is 5.91 Å². The minimum atomic E-state index is -0.363. The van der Waals surface area contributed by atoms with Gasteiger partial charge in [0.1, 0.15) is 17.2 Å². The van der Waals surface area contributed by atoms with Gasteiger partial charge in [-0.15, -0.1) is 5.10 Å². The number of H-pyrrole nitrogens is 2. The van der Waals surface area contributed by atoms with E-state index in [4.69, 9.17) is 0 Å². The van der Waals surface area contributed by atoms with Crippen LogP contribution in [0, 0.1) is 0 Å². The summed E-state index contributed by atoms with van der Waals surface area (Å²) in [4.78, 5) is 20.9. The van der Waals surface area contributed by atoms with Crippen molar-refractivity contribution in [1.29, 1.82) is 0 Å². The van der Waals surface area contributed by atoms with E-state index in [0.29, 0.717) is 29.3 Å². The molecule has 1 amide bonds. The number of carbonyl (C=O) groups is 1. The Bertz CT molecular complexity index is 1020. The summed E-state index contributed by atoms with van der Waals surface area (Å²) in [5.41, 5.74) is 2.82. The quantitative estimate of drug-likeness (QED) is 0.490. The molecule has 0 radical (unpaired) electrons. The van der Waals surface area contributed by atoms with Crippen molar-refractivity contribution in [2.75, 3.05) is 5.32 Å². The maximum absolute atomic E-state index is 12.4. The molecule has 0 saturated carbocycles. The SMILES string of the molecule is O=C(Nc1n[nH]c(CCc2ccccc2)n1)c1cc(-c2ccccn2)n[nH]1. The van der Waals surface area contributed by atoms with E-state index in [9.17, 15) is 4.79 Å². The van der Waals surface area contributed by atoms with Crippen LogP contribution in [0.1, 0.15) is 21.9 Å². The highest BCUT2D eigenvalue weighted by atomic mass is 16.2. The van der Waals surface area contributed by atoms with Gasteiger partial charge in [0.15, 0.2) is 0 Å². The third-order valence-electron chi connectivity index (χ3n) is 4.00. The molecule has 134 valence electrons. The summed E-state index contributed by atoms with van der Waals surface area (Å²) in [7, 11) is 0.